The summed E-state index contributed by atoms with van der Waals surface area (Å²) in [6, 6.07) is 14.8. The predicted molar refractivity (Wildman–Crippen MR) is 130 cm³/mol. The molecule has 2 amide bonds. The van der Waals surface area contributed by atoms with Crippen molar-refractivity contribution in [3.8, 4) is 0 Å². The van der Waals surface area contributed by atoms with Gasteiger partial charge in [0.05, 0.1) is 6.04 Å². The Kier molecular flexibility index (Phi) is 6.42. The fourth-order valence-electron chi connectivity index (χ4n) is 4.51. The molecule has 0 aliphatic carbocycles. The van der Waals surface area contributed by atoms with Gasteiger partial charge in [-0.15, -0.1) is 11.8 Å². The van der Waals surface area contributed by atoms with Gasteiger partial charge in [-0.2, -0.15) is 0 Å². The van der Waals surface area contributed by atoms with Crippen LogP contribution in [0.15, 0.2) is 72.9 Å². The number of nitrogens with zero attached hydrogens (tertiary/aromatic N) is 1. The van der Waals surface area contributed by atoms with Crippen LogP contribution in [0.2, 0.25) is 0 Å². The van der Waals surface area contributed by atoms with Gasteiger partial charge in [-0.3, -0.25) is 9.59 Å². The highest BCUT2D eigenvalue weighted by atomic mass is 32.2. The molecule has 4 rings (SSSR count). The molecule has 9 heteroatoms. The number of carboxylic acid groups (broad SMARTS) is 1. The van der Waals surface area contributed by atoms with Crippen LogP contribution in [-0.4, -0.2) is 50.0 Å². The molecule has 0 saturated carbocycles. The molecule has 0 radical (unpaired) electrons. The second kappa shape index (κ2) is 9.15. The highest BCUT2D eigenvalue weighted by Gasteiger charge is 2.61. The number of nitrogens with two attached hydrogens (primary N) is 1. The van der Waals surface area contributed by atoms with Gasteiger partial charge in [-0.25, -0.2) is 4.79 Å². The highest BCUT2D eigenvalue weighted by Crippen LogP contribution is 2.54. The van der Waals surface area contributed by atoms with Crippen molar-refractivity contribution in [2.75, 3.05) is 0 Å². The molecule has 5 unspecified atom stereocenters. The van der Waals surface area contributed by atoms with Crippen molar-refractivity contribution in [3.63, 3.8) is 0 Å². The monoisotopic (exact) mass is 480 g/mol. The van der Waals surface area contributed by atoms with Gasteiger partial charge in [-0.1, -0.05) is 67.2 Å². The number of benzene rings is 2. The molecule has 8 nitrogen and oxygen atoms in total. The zero-order valence-electron chi connectivity index (χ0n) is 19.0. The molecule has 178 valence electrons. The van der Waals surface area contributed by atoms with E-state index in [0.717, 1.165) is 0 Å². The third-order valence-electron chi connectivity index (χ3n) is 6.27. The molecule has 5 atom stereocenters. The average molecular weight is 481 g/mol. The molecule has 2 aliphatic rings. The quantitative estimate of drug-likeness (QED) is 0.479. The summed E-state index contributed by atoms with van der Waals surface area (Å²) >= 11 is 1.49. The van der Waals surface area contributed by atoms with Crippen molar-refractivity contribution in [2.24, 2.45) is 5.73 Å². The van der Waals surface area contributed by atoms with Crippen molar-refractivity contribution in [1.29, 1.82) is 0 Å². The highest BCUT2D eigenvalue weighted by molar-refractivity contribution is 8.01. The summed E-state index contributed by atoms with van der Waals surface area (Å²) in [5.74, 6) is -1.82. The largest absolute Gasteiger partial charge is 0.480 e. The van der Waals surface area contributed by atoms with Crippen LogP contribution in [0.3, 0.4) is 0 Å². The van der Waals surface area contributed by atoms with Crippen molar-refractivity contribution < 1.29 is 19.5 Å². The minimum Gasteiger partial charge on any atom is -0.480 e. The van der Waals surface area contributed by atoms with Crippen LogP contribution in [0.4, 0.5) is 0 Å². The van der Waals surface area contributed by atoms with Gasteiger partial charge >= 0.3 is 5.97 Å². The van der Waals surface area contributed by atoms with Crippen LogP contribution in [0.1, 0.15) is 37.1 Å². The fraction of sp³-hybridized carbons (Fsp3) is 0.320. The first-order valence-electron chi connectivity index (χ1n) is 11.0. The normalized spacial score (nSPS) is 24.4. The van der Waals surface area contributed by atoms with Crippen molar-refractivity contribution in [3.05, 3.63) is 84.1 Å². The summed E-state index contributed by atoms with van der Waals surface area (Å²) in [5.41, 5.74) is 7.94. The SMILES string of the molecule is C=C1C(NC(=O)C(NC(=O)C(N)c2ccccc2)c2ccccc2)C2SC(C)(C)C(C(=O)O)N12. The number of carbonyl (C=O) groups is 3. The van der Waals surface area contributed by atoms with Gasteiger partial charge in [0.1, 0.15) is 23.5 Å². The fourth-order valence-corrected chi connectivity index (χ4v) is 6.21. The Hall–Kier alpha value is -3.30. The number of thioether (sulfide) groups is 1. The molecule has 2 heterocycles. The lowest BCUT2D eigenvalue weighted by Crippen LogP contribution is -2.65. The molecule has 2 aromatic carbocycles. The summed E-state index contributed by atoms with van der Waals surface area (Å²) in [5, 5.41) is 15.2. The van der Waals surface area contributed by atoms with E-state index in [1.54, 1.807) is 53.4 Å². The lowest BCUT2D eigenvalue weighted by Gasteiger charge is -2.48. The number of hydrogen-bond donors (Lipinski definition) is 4. The third-order valence-corrected chi connectivity index (χ3v) is 7.84. The molecular formula is C25H28N4O4S. The van der Waals surface area contributed by atoms with Crippen LogP contribution in [-0.2, 0) is 14.4 Å². The molecule has 0 spiro atoms. The van der Waals surface area contributed by atoms with E-state index in [9.17, 15) is 19.5 Å². The first-order chi connectivity index (χ1) is 16.1. The molecule has 5 N–H and O–H groups in total. The molecule has 2 fully saturated rings. The minimum absolute atomic E-state index is 0.244. The summed E-state index contributed by atoms with van der Waals surface area (Å²) in [7, 11) is 0. The van der Waals surface area contributed by atoms with E-state index in [1.807, 2.05) is 26.0 Å². The summed E-state index contributed by atoms with van der Waals surface area (Å²) < 4.78 is -0.547. The number of aliphatic carboxylic acids is 1. The maximum absolute atomic E-state index is 13.4. The molecule has 0 bridgehead atoms. The number of rotatable bonds is 7. The zero-order chi connectivity index (χ0) is 24.6. The van der Waals surface area contributed by atoms with E-state index in [4.69, 9.17) is 5.73 Å². The topological polar surface area (TPSA) is 125 Å². The Balaban J connectivity index is 1.52. The lowest BCUT2D eigenvalue weighted by atomic mass is 9.94. The zero-order valence-corrected chi connectivity index (χ0v) is 19.8. The second-order valence-corrected chi connectivity index (χ2v) is 10.7. The Morgan fingerprint density at radius 1 is 1.03 bits per heavy atom. The standard InChI is InChI=1S/C25H28N4O4S/c1-14-18(23-29(14)20(24(32)33)25(2,3)34-23)27-22(31)19(16-12-8-5-9-13-16)28-21(30)17(26)15-10-6-4-7-11-15/h4-13,17-20,23H,1,26H2,2-3H3,(H,27,31)(H,28,30)(H,32,33). The molecule has 2 saturated heterocycles. The minimum atomic E-state index is -0.972. The number of fused-ring (bicyclic) bond motifs is 1. The number of amides is 2. The predicted octanol–water partition coefficient (Wildman–Crippen LogP) is 2.16. The van der Waals surface area contributed by atoms with E-state index in [-0.39, 0.29) is 5.37 Å². The summed E-state index contributed by atoms with van der Waals surface area (Å²) in [6.07, 6.45) is 0. The van der Waals surface area contributed by atoms with E-state index in [2.05, 4.69) is 17.2 Å². The first kappa shape index (κ1) is 23.8. The van der Waals surface area contributed by atoms with Crippen molar-refractivity contribution in [2.45, 2.75) is 48.1 Å². The number of hydrogen-bond acceptors (Lipinski definition) is 6. The Morgan fingerprint density at radius 2 is 1.59 bits per heavy atom. The molecule has 0 aromatic heterocycles. The van der Waals surface area contributed by atoms with Crippen LogP contribution in [0.25, 0.3) is 0 Å². The molecule has 34 heavy (non-hydrogen) atoms. The Bertz CT molecular complexity index is 1110. The van der Waals surface area contributed by atoms with Crippen LogP contribution in [0.5, 0.6) is 0 Å². The van der Waals surface area contributed by atoms with Crippen LogP contribution < -0.4 is 16.4 Å². The van der Waals surface area contributed by atoms with Gasteiger partial charge in [0, 0.05) is 10.4 Å². The number of carbonyl (C=O) groups excluding carboxylic acids is 2. The maximum Gasteiger partial charge on any atom is 0.327 e. The van der Waals surface area contributed by atoms with Gasteiger partial charge in [0.15, 0.2) is 0 Å². The van der Waals surface area contributed by atoms with Gasteiger partial charge < -0.3 is 26.4 Å². The van der Waals surface area contributed by atoms with Gasteiger partial charge in [0.25, 0.3) is 0 Å². The van der Waals surface area contributed by atoms with Crippen molar-refractivity contribution in [1.82, 2.24) is 15.5 Å². The van der Waals surface area contributed by atoms with E-state index in [0.29, 0.717) is 16.8 Å². The first-order valence-corrected chi connectivity index (χ1v) is 11.8. The van der Waals surface area contributed by atoms with E-state index >= 15 is 0 Å². The lowest BCUT2D eigenvalue weighted by molar-refractivity contribution is -0.144. The van der Waals surface area contributed by atoms with Crippen molar-refractivity contribution >= 4 is 29.5 Å². The van der Waals surface area contributed by atoms with Crippen LogP contribution in [0, 0.1) is 0 Å². The summed E-state index contributed by atoms with van der Waals surface area (Å²) in [6.45, 7) is 7.77. The van der Waals surface area contributed by atoms with Crippen LogP contribution >= 0.6 is 11.8 Å². The Labute approximate surface area is 202 Å². The van der Waals surface area contributed by atoms with Gasteiger partial charge in [0.2, 0.25) is 11.8 Å². The Morgan fingerprint density at radius 3 is 2.15 bits per heavy atom. The molecular weight excluding hydrogens is 452 g/mol. The summed E-state index contributed by atoms with van der Waals surface area (Å²) in [4.78, 5) is 39.9. The van der Waals surface area contributed by atoms with Gasteiger partial charge in [-0.05, 0) is 25.0 Å². The smallest absolute Gasteiger partial charge is 0.327 e. The number of carboxylic acids is 1. The maximum atomic E-state index is 13.4. The molecule has 2 aliphatic heterocycles. The second-order valence-electron chi connectivity index (χ2n) is 8.98. The van der Waals surface area contributed by atoms with E-state index < -0.39 is 46.7 Å². The van der Waals surface area contributed by atoms with E-state index in [1.165, 1.54) is 11.8 Å². The third kappa shape index (κ3) is 4.28. The average Bonchev–Trinajstić information content (AvgIpc) is 3.09. The number of nitrogens with one attached hydrogen (secondary N) is 2. The molecule has 2 aromatic rings.